The monoisotopic (exact) mass is 383 g/mol. The van der Waals surface area contributed by atoms with Crippen molar-refractivity contribution in [2.24, 2.45) is 4.99 Å². The molecule has 1 aliphatic heterocycles. The predicted octanol–water partition coefficient (Wildman–Crippen LogP) is 2.81. The number of hydrogen-bond acceptors (Lipinski definition) is 4. The van der Waals surface area contributed by atoms with E-state index in [1.807, 2.05) is 36.2 Å². The van der Waals surface area contributed by atoms with Crippen LogP contribution < -0.4 is 10.1 Å². The Bertz CT molecular complexity index is 551. The summed E-state index contributed by atoms with van der Waals surface area (Å²) in [5, 5.41) is 4.04. The van der Waals surface area contributed by atoms with E-state index in [0.29, 0.717) is 17.7 Å². The lowest BCUT2D eigenvalue weighted by Crippen LogP contribution is -2.41. The average Bonchev–Trinajstić information content (AvgIpc) is 2.65. The fourth-order valence-electron chi connectivity index (χ4n) is 2.71. The standard InChI is InChI=1S/C19H30ClN3O3/c1-21-19(22-9-4-11-25-17-7-12-24-13-8-17)23(2)10-14-26-18-6-3-5-16(20)15-18/h3,5-6,15,17H,4,7-14H2,1-2H3,(H,21,22). The quantitative estimate of drug-likeness (QED) is 0.403. The van der Waals surface area contributed by atoms with Gasteiger partial charge in [-0.3, -0.25) is 4.99 Å². The Morgan fingerprint density at radius 2 is 2.15 bits per heavy atom. The van der Waals surface area contributed by atoms with Crippen molar-refractivity contribution in [3.63, 3.8) is 0 Å². The van der Waals surface area contributed by atoms with Crippen molar-refractivity contribution in [3.05, 3.63) is 29.3 Å². The summed E-state index contributed by atoms with van der Waals surface area (Å²) in [6.07, 6.45) is 3.31. The molecular weight excluding hydrogens is 354 g/mol. The second-order valence-electron chi connectivity index (χ2n) is 6.24. The molecule has 1 N–H and O–H groups in total. The molecule has 6 nitrogen and oxygen atoms in total. The van der Waals surface area contributed by atoms with E-state index >= 15 is 0 Å². The average molecular weight is 384 g/mol. The third-order valence-corrected chi connectivity index (χ3v) is 4.43. The lowest BCUT2D eigenvalue weighted by Gasteiger charge is -2.23. The molecule has 1 aromatic carbocycles. The topological polar surface area (TPSA) is 55.3 Å². The van der Waals surface area contributed by atoms with E-state index in [2.05, 4.69) is 10.3 Å². The Hall–Kier alpha value is -1.50. The molecule has 0 aliphatic carbocycles. The van der Waals surface area contributed by atoms with E-state index in [1.165, 1.54) is 0 Å². The summed E-state index contributed by atoms with van der Waals surface area (Å²) in [5.41, 5.74) is 0. The number of rotatable bonds is 9. The van der Waals surface area contributed by atoms with E-state index in [4.69, 9.17) is 25.8 Å². The van der Waals surface area contributed by atoms with Gasteiger partial charge in [-0.15, -0.1) is 0 Å². The van der Waals surface area contributed by atoms with Crippen LogP contribution in [0.25, 0.3) is 0 Å². The first kappa shape index (κ1) is 20.8. The van der Waals surface area contributed by atoms with Crippen LogP contribution in [-0.2, 0) is 9.47 Å². The third kappa shape index (κ3) is 7.81. The van der Waals surface area contributed by atoms with E-state index in [1.54, 1.807) is 7.05 Å². The summed E-state index contributed by atoms with van der Waals surface area (Å²) in [6, 6.07) is 7.42. The van der Waals surface area contributed by atoms with Crippen molar-refractivity contribution in [2.45, 2.75) is 25.4 Å². The van der Waals surface area contributed by atoms with E-state index < -0.39 is 0 Å². The highest BCUT2D eigenvalue weighted by Crippen LogP contribution is 2.16. The van der Waals surface area contributed by atoms with E-state index in [-0.39, 0.29) is 0 Å². The number of benzene rings is 1. The van der Waals surface area contributed by atoms with Gasteiger partial charge in [-0.1, -0.05) is 17.7 Å². The van der Waals surface area contributed by atoms with Crippen LogP contribution in [0.15, 0.2) is 29.3 Å². The van der Waals surface area contributed by atoms with Gasteiger partial charge in [0, 0.05) is 45.5 Å². The Balaban J connectivity index is 1.58. The van der Waals surface area contributed by atoms with E-state index in [0.717, 1.165) is 63.9 Å². The number of nitrogens with zero attached hydrogens (tertiary/aromatic N) is 2. The second-order valence-corrected chi connectivity index (χ2v) is 6.67. The molecule has 146 valence electrons. The highest BCUT2D eigenvalue weighted by atomic mass is 35.5. The molecule has 1 heterocycles. The van der Waals surface area contributed by atoms with Crippen LogP contribution in [0.5, 0.6) is 5.75 Å². The first-order valence-electron chi connectivity index (χ1n) is 9.18. The third-order valence-electron chi connectivity index (χ3n) is 4.19. The van der Waals surface area contributed by atoms with Gasteiger partial charge in [0.25, 0.3) is 0 Å². The Labute approximate surface area is 161 Å². The van der Waals surface area contributed by atoms with Gasteiger partial charge in [-0.2, -0.15) is 0 Å². The number of guanidine groups is 1. The van der Waals surface area contributed by atoms with Crippen LogP contribution in [-0.4, -0.2) is 70.6 Å². The molecule has 0 unspecified atom stereocenters. The van der Waals surface area contributed by atoms with Crippen LogP contribution in [0.3, 0.4) is 0 Å². The summed E-state index contributed by atoms with van der Waals surface area (Å²) >= 11 is 5.96. The van der Waals surface area contributed by atoms with Gasteiger partial charge in [0.1, 0.15) is 12.4 Å². The minimum absolute atomic E-state index is 0.356. The number of aliphatic imine (C=N–C) groups is 1. The zero-order valence-corrected chi connectivity index (χ0v) is 16.5. The lowest BCUT2D eigenvalue weighted by atomic mass is 10.1. The summed E-state index contributed by atoms with van der Waals surface area (Å²) in [6.45, 7) is 4.51. The van der Waals surface area contributed by atoms with Crippen LogP contribution in [0.4, 0.5) is 0 Å². The smallest absolute Gasteiger partial charge is 0.193 e. The highest BCUT2D eigenvalue weighted by molar-refractivity contribution is 6.30. The molecule has 1 aromatic rings. The maximum Gasteiger partial charge on any atom is 0.193 e. The number of halogens is 1. The summed E-state index contributed by atoms with van der Waals surface area (Å²) in [7, 11) is 3.78. The fraction of sp³-hybridized carbons (Fsp3) is 0.632. The summed E-state index contributed by atoms with van der Waals surface area (Å²) in [4.78, 5) is 6.36. The van der Waals surface area contributed by atoms with Gasteiger partial charge in [-0.25, -0.2) is 0 Å². The molecule has 0 aromatic heterocycles. The van der Waals surface area contributed by atoms with Crippen LogP contribution in [0.2, 0.25) is 5.02 Å². The van der Waals surface area contributed by atoms with Gasteiger partial charge in [-0.05, 0) is 37.5 Å². The van der Waals surface area contributed by atoms with Gasteiger partial charge in [0.2, 0.25) is 0 Å². The Morgan fingerprint density at radius 3 is 2.88 bits per heavy atom. The lowest BCUT2D eigenvalue weighted by molar-refractivity contribution is -0.0320. The molecule has 26 heavy (non-hydrogen) atoms. The molecule has 1 saturated heterocycles. The minimum Gasteiger partial charge on any atom is -0.492 e. The van der Waals surface area contributed by atoms with Gasteiger partial charge < -0.3 is 24.4 Å². The van der Waals surface area contributed by atoms with Crippen LogP contribution in [0, 0.1) is 0 Å². The number of likely N-dealkylation sites (N-methyl/N-ethyl adjacent to an activating group) is 1. The number of hydrogen-bond donors (Lipinski definition) is 1. The molecule has 0 spiro atoms. The number of ether oxygens (including phenoxy) is 3. The predicted molar refractivity (Wildman–Crippen MR) is 105 cm³/mol. The molecule has 0 saturated carbocycles. The zero-order valence-electron chi connectivity index (χ0n) is 15.7. The van der Waals surface area contributed by atoms with Crippen molar-refractivity contribution in [2.75, 3.05) is 53.6 Å². The summed E-state index contributed by atoms with van der Waals surface area (Å²) in [5.74, 6) is 1.63. The first-order valence-corrected chi connectivity index (χ1v) is 9.56. The van der Waals surface area contributed by atoms with Crippen LogP contribution in [0.1, 0.15) is 19.3 Å². The largest absolute Gasteiger partial charge is 0.492 e. The van der Waals surface area contributed by atoms with Gasteiger partial charge in [0.05, 0.1) is 12.6 Å². The molecule has 0 bridgehead atoms. The Morgan fingerprint density at radius 1 is 1.35 bits per heavy atom. The van der Waals surface area contributed by atoms with Gasteiger partial charge >= 0.3 is 0 Å². The first-order chi connectivity index (χ1) is 12.7. The maximum atomic E-state index is 5.96. The highest BCUT2D eigenvalue weighted by Gasteiger charge is 2.13. The number of nitrogens with one attached hydrogen (secondary N) is 1. The SMILES string of the molecule is CN=C(NCCCOC1CCOCC1)N(C)CCOc1cccc(Cl)c1. The normalized spacial score (nSPS) is 15.7. The molecule has 1 aliphatic rings. The molecular formula is C19H30ClN3O3. The molecule has 0 atom stereocenters. The van der Waals surface area contributed by atoms with Crippen LogP contribution >= 0.6 is 11.6 Å². The molecule has 7 heteroatoms. The van der Waals surface area contributed by atoms with Crippen molar-refractivity contribution in [3.8, 4) is 5.75 Å². The van der Waals surface area contributed by atoms with Crippen molar-refractivity contribution in [1.82, 2.24) is 10.2 Å². The van der Waals surface area contributed by atoms with E-state index in [9.17, 15) is 0 Å². The van der Waals surface area contributed by atoms with Gasteiger partial charge in [0.15, 0.2) is 5.96 Å². The molecule has 2 rings (SSSR count). The fourth-order valence-corrected chi connectivity index (χ4v) is 2.89. The summed E-state index contributed by atoms with van der Waals surface area (Å²) < 4.78 is 16.9. The Kier molecular flexibility index (Phi) is 9.60. The zero-order chi connectivity index (χ0) is 18.6. The van der Waals surface area contributed by atoms with Crippen molar-refractivity contribution in [1.29, 1.82) is 0 Å². The molecule has 1 fully saturated rings. The molecule has 0 radical (unpaired) electrons. The van der Waals surface area contributed by atoms with Crippen molar-refractivity contribution >= 4 is 17.6 Å². The maximum absolute atomic E-state index is 5.96. The van der Waals surface area contributed by atoms with Crippen molar-refractivity contribution < 1.29 is 14.2 Å². The molecule has 0 amide bonds. The second kappa shape index (κ2) is 12.0. The minimum atomic E-state index is 0.356.